The van der Waals surface area contributed by atoms with E-state index in [0.29, 0.717) is 11.3 Å². The van der Waals surface area contributed by atoms with Gasteiger partial charge in [-0.15, -0.1) is 0 Å². The number of ether oxygens (including phenoxy) is 1. The highest BCUT2D eigenvalue weighted by Crippen LogP contribution is 2.39. The normalized spacial score (nSPS) is 20.3. The fourth-order valence-electron chi connectivity index (χ4n) is 2.82. The van der Waals surface area contributed by atoms with Crippen molar-refractivity contribution in [3.05, 3.63) is 53.6 Å². The van der Waals surface area contributed by atoms with E-state index in [0.717, 1.165) is 5.56 Å². The number of nitrogens with zero attached hydrogens (tertiary/aromatic N) is 3. The second-order valence-electron chi connectivity index (χ2n) is 5.45. The summed E-state index contributed by atoms with van der Waals surface area (Å²) in [5, 5.41) is 11.8. The summed E-state index contributed by atoms with van der Waals surface area (Å²) in [5.41, 5.74) is 1.29. The van der Waals surface area contributed by atoms with Crippen LogP contribution in [-0.4, -0.2) is 32.5 Å². The Kier molecular flexibility index (Phi) is 3.01. The number of imidazole rings is 1. The number of carbonyl (C=O) groups excluding carboxylic acids is 1. The molecule has 6 nitrogen and oxygen atoms in total. The van der Waals surface area contributed by atoms with Gasteiger partial charge in [-0.2, -0.15) is 0 Å². The van der Waals surface area contributed by atoms with Crippen LogP contribution in [0.1, 0.15) is 41.5 Å². The van der Waals surface area contributed by atoms with E-state index >= 15 is 0 Å². The number of oxime groups is 1. The summed E-state index contributed by atoms with van der Waals surface area (Å²) in [6.07, 6.45) is 4.54. The van der Waals surface area contributed by atoms with Gasteiger partial charge >= 0.3 is 5.97 Å². The van der Waals surface area contributed by atoms with Gasteiger partial charge in [-0.3, -0.25) is 0 Å². The molecule has 0 spiro atoms. The van der Waals surface area contributed by atoms with Crippen LogP contribution in [-0.2, 0) is 4.74 Å². The molecule has 0 amide bonds. The average molecular weight is 285 g/mol. The molecule has 0 fully saturated rings. The molecule has 3 rings (SSSR count). The number of carbonyl (C=O) groups is 1. The molecule has 0 aliphatic carbocycles. The first kappa shape index (κ1) is 13.4. The van der Waals surface area contributed by atoms with Gasteiger partial charge in [0.1, 0.15) is 11.6 Å². The maximum absolute atomic E-state index is 12.1. The smallest absolute Gasteiger partial charge is 0.339 e. The molecule has 1 aliphatic rings. The van der Waals surface area contributed by atoms with Gasteiger partial charge in [0, 0.05) is 0 Å². The summed E-state index contributed by atoms with van der Waals surface area (Å²) in [6, 6.07) is 7.09. The van der Waals surface area contributed by atoms with Crippen LogP contribution in [0.15, 0.2) is 41.9 Å². The minimum Gasteiger partial charge on any atom is -0.453 e. The first-order chi connectivity index (χ1) is 10.0. The molecule has 1 aromatic carbocycles. The Morgan fingerprint density at radius 2 is 2.19 bits per heavy atom. The Morgan fingerprint density at radius 1 is 1.43 bits per heavy atom. The average Bonchev–Trinajstić information content (AvgIpc) is 2.86. The van der Waals surface area contributed by atoms with Gasteiger partial charge in [0.05, 0.1) is 30.0 Å². The van der Waals surface area contributed by atoms with E-state index in [-0.39, 0.29) is 12.0 Å². The van der Waals surface area contributed by atoms with Gasteiger partial charge in [-0.25, -0.2) is 9.78 Å². The molecule has 1 aliphatic heterocycles. The zero-order valence-corrected chi connectivity index (χ0v) is 11.7. The third-order valence-corrected chi connectivity index (χ3v) is 3.65. The molecule has 1 atom stereocenters. The number of rotatable bonds is 2. The standard InChI is InChI=1S/C15H15N3O3/c1-15(2)13(18-9-16-7-10(18)8-17-20)11-5-3-4-6-12(11)14(19)21-15/h3-9,13,20H,1-2H3/b17-8-. The summed E-state index contributed by atoms with van der Waals surface area (Å²) >= 11 is 0. The molecular formula is C15H15N3O3. The van der Waals surface area contributed by atoms with E-state index in [1.54, 1.807) is 24.7 Å². The highest BCUT2D eigenvalue weighted by atomic mass is 16.6. The molecule has 2 heterocycles. The van der Waals surface area contributed by atoms with Crippen molar-refractivity contribution >= 4 is 12.2 Å². The lowest BCUT2D eigenvalue weighted by Gasteiger charge is -2.40. The van der Waals surface area contributed by atoms with Crippen molar-refractivity contribution in [1.29, 1.82) is 0 Å². The molecular weight excluding hydrogens is 270 g/mol. The summed E-state index contributed by atoms with van der Waals surface area (Å²) < 4.78 is 7.41. The Morgan fingerprint density at radius 3 is 2.95 bits per heavy atom. The molecule has 2 aromatic rings. The Bertz CT molecular complexity index is 718. The van der Waals surface area contributed by atoms with Crippen LogP contribution in [0.4, 0.5) is 0 Å². The molecule has 0 saturated heterocycles. The van der Waals surface area contributed by atoms with E-state index in [2.05, 4.69) is 10.1 Å². The zero-order valence-electron chi connectivity index (χ0n) is 11.7. The maximum atomic E-state index is 12.1. The van der Waals surface area contributed by atoms with Crippen molar-refractivity contribution in [3.8, 4) is 0 Å². The van der Waals surface area contributed by atoms with Crippen molar-refractivity contribution in [2.75, 3.05) is 0 Å². The van der Waals surface area contributed by atoms with Crippen LogP contribution < -0.4 is 0 Å². The lowest BCUT2D eigenvalue weighted by Crippen LogP contribution is -2.43. The molecule has 0 radical (unpaired) electrons. The lowest BCUT2D eigenvalue weighted by atomic mass is 9.85. The predicted molar refractivity (Wildman–Crippen MR) is 75.7 cm³/mol. The van der Waals surface area contributed by atoms with Gasteiger partial charge in [-0.05, 0) is 25.5 Å². The number of hydrogen-bond acceptors (Lipinski definition) is 5. The van der Waals surface area contributed by atoms with Crippen LogP contribution >= 0.6 is 0 Å². The van der Waals surface area contributed by atoms with E-state index in [1.165, 1.54) is 6.21 Å². The SMILES string of the molecule is CC1(C)OC(=O)c2ccccc2C1n1cncc1/C=N\O. The first-order valence-electron chi connectivity index (χ1n) is 6.56. The van der Waals surface area contributed by atoms with Crippen molar-refractivity contribution in [2.24, 2.45) is 5.16 Å². The third-order valence-electron chi connectivity index (χ3n) is 3.65. The highest BCUT2D eigenvalue weighted by molar-refractivity contribution is 5.93. The predicted octanol–water partition coefficient (Wildman–Crippen LogP) is 2.23. The van der Waals surface area contributed by atoms with Crippen LogP contribution in [0.25, 0.3) is 0 Å². The molecule has 6 heteroatoms. The van der Waals surface area contributed by atoms with Gasteiger partial charge in [0.25, 0.3) is 0 Å². The molecule has 21 heavy (non-hydrogen) atoms. The van der Waals surface area contributed by atoms with E-state index in [1.807, 2.05) is 30.5 Å². The van der Waals surface area contributed by atoms with Crippen LogP contribution in [0.3, 0.4) is 0 Å². The number of hydrogen-bond donors (Lipinski definition) is 1. The maximum Gasteiger partial charge on any atom is 0.339 e. The van der Waals surface area contributed by atoms with Crippen LogP contribution in [0.5, 0.6) is 0 Å². The van der Waals surface area contributed by atoms with Crippen molar-refractivity contribution in [1.82, 2.24) is 9.55 Å². The van der Waals surface area contributed by atoms with Crippen LogP contribution in [0, 0.1) is 0 Å². The zero-order chi connectivity index (χ0) is 15.0. The monoisotopic (exact) mass is 285 g/mol. The van der Waals surface area contributed by atoms with E-state index in [4.69, 9.17) is 9.94 Å². The number of aromatic nitrogens is 2. The second kappa shape index (κ2) is 4.73. The molecule has 108 valence electrons. The van der Waals surface area contributed by atoms with Crippen molar-refractivity contribution in [3.63, 3.8) is 0 Å². The Labute approximate surface area is 121 Å². The molecule has 0 bridgehead atoms. The fourth-order valence-corrected chi connectivity index (χ4v) is 2.82. The molecule has 1 aromatic heterocycles. The fraction of sp³-hybridized carbons (Fsp3) is 0.267. The number of benzene rings is 1. The summed E-state index contributed by atoms with van der Waals surface area (Å²) in [4.78, 5) is 16.2. The number of cyclic esters (lactones) is 1. The van der Waals surface area contributed by atoms with Gasteiger partial charge in [0.15, 0.2) is 0 Å². The summed E-state index contributed by atoms with van der Waals surface area (Å²) in [5.74, 6) is -0.329. The van der Waals surface area contributed by atoms with E-state index < -0.39 is 5.60 Å². The van der Waals surface area contributed by atoms with Crippen LogP contribution in [0.2, 0.25) is 0 Å². The van der Waals surface area contributed by atoms with E-state index in [9.17, 15) is 4.79 Å². The van der Waals surface area contributed by atoms with Gasteiger partial charge < -0.3 is 14.5 Å². The minimum absolute atomic E-state index is 0.248. The quantitative estimate of drug-likeness (QED) is 0.397. The van der Waals surface area contributed by atoms with Crippen molar-refractivity contribution < 1.29 is 14.7 Å². The Balaban J connectivity index is 2.22. The summed E-state index contributed by atoms with van der Waals surface area (Å²) in [6.45, 7) is 3.71. The molecule has 1 N–H and O–H groups in total. The first-order valence-corrected chi connectivity index (χ1v) is 6.56. The third kappa shape index (κ3) is 2.08. The largest absolute Gasteiger partial charge is 0.453 e. The van der Waals surface area contributed by atoms with Crippen molar-refractivity contribution in [2.45, 2.75) is 25.5 Å². The Hall–Kier alpha value is -2.63. The van der Waals surface area contributed by atoms with Gasteiger partial charge in [-0.1, -0.05) is 23.4 Å². The minimum atomic E-state index is -0.746. The molecule has 1 unspecified atom stereocenters. The number of esters is 1. The topological polar surface area (TPSA) is 76.7 Å². The summed E-state index contributed by atoms with van der Waals surface area (Å²) in [7, 11) is 0. The highest BCUT2D eigenvalue weighted by Gasteiger charge is 2.43. The molecule has 0 saturated carbocycles. The van der Waals surface area contributed by atoms with Gasteiger partial charge in [0.2, 0.25) is 0 Å². The lowest BCUT2D eigenvalue weighted by molar-refractivity contribution is -0.0262. The second-order valence-corrected chi connectivity index (χ2v) is 5.45. The number of fused-ring (bicyclic) bond motifs is 1.